The van der Waals surface area contributed by atoms with Crippen LogP contribution in [-0.4, -0.2) is 46.6 Å². The highest BCUT2D eigenvalue weighted by atomic mass is 16.5. The molecule has 112 valence electrons. The summed E-state index contributed by atoms with van der Waals surface area (Å²) in [5, 5.41) is 9.07. The quantitative estimate of drug-likeness (QED) is 0.792. The molecule has 20 heavy (non-hydrogen) atoms. The van der Waals surface area contributed by atoms with E-state index >= 15 is 0 Å². The van der Waals surface area contributed by atoms with Crippen LogP contribution in [0.5, 0.6) is 0 Å². The fraction of sp³-hybridized carbons (Fsp3) is 0.667. The third-order valence-corrected chi connectivity index (χ3v) is 2.83. The van der Waals surface area contributed by atoms with Crippen LogP contribution in [0.25, 0.3) is 0 Å². The summed E-state index contributed by atoms with van der Waals surface area (Å²) in [6, 6.07) is -0.253. The first kappa shape index (κ1) is 15.9. The largest absolute Gasteiger partial charge is 0.359 e. The lowest BCUT2D eigenvalue weighted by Crippen LogP contribution is -2.49. The van der Waals surface area contributed by atoms with E-state index in [1.54, 1.807) is 14.1 Å². The normalized spacial score (nSPS) is 11.0. The maximum absolute atomic E-state index is 12.0. The lowest BCUT2D eigenvalue weighted by Gasteiger charge is -2.28. The maximum atomic E-state index is 12.0. The summed E-state index contributed by atoms with van der Waals surface area (Å²) in [5.41, 5.74) is -0.477. The van der Waals surface area contributed by atoms with Gasteiger partial charge < -0.3 is 20.1 Å². The second kappa shape index (κ2) is 6.88. The Morgan fingerprint density at radius 2 is 2.15 bits per heavy atom. The minimum Gasteiger partial charge on any atom is -0.359 e. The van der Waals surface area contributed by atoms with Crippen LogP contribution in [0.4, 0.5) is 4.79 Å². The molecule has 0 aromatic carbocycles. The number of carbonyl (C=O) groups is 2. The molecule has 0 aliphatic rings. The van der Waals surface area contributed by atoms with Crippen LogP contribution in [0, 0.1) is 0 Å². The third-order valence-electron chi connectivity index (χ3n) is 2.83. The molecule has 0 bridgehead atoms. The van der Waals surface area contributed by atoms with Gasteiger partial charge in [-0.1, -0.05) is 5.16 Å². The molecule has 0 saturated heterocycles. The van der Waals surface area contributed by atoms with E-state index in [2.05, 4.69) is 25.3 Å². The topological polar surface area (TPSA) is 100 Å². The standard InChI is InChI=1S/C12H21N5O3/c1-12(2,6-5-10(18)13-3)15-11(19)17(4)7-9-14-8-20-16-9/h8H,5-7H2,1-4H3,(H,13,18)(H,15,19). The van der Waals surface area contributed by atoms with Gasteiger partial charge in [0.05, 0.1) is 6.54 Å². The molecular weight excluding hydrogens is 262 g/mol. The second-order valence-electron chi connectivity index (χ2n) is 5.19. The van der Waals surface area contributed by atoms with Crippen molar-refractivity contribution in [1.29, 1.82) is 0 Å². The first-order valence-electron chi connectivity index (χ1n) is 6.33. The van der Waals surface area contributed by atoms with Crippen molar-refractivity contribution in [1.82, 2.24) is 25.7 Å². The summed E-state index contributed by atoms with van der Waals surface area (Å²) in [5.74, 6) is 0.387. The molecule has 3 amide bonds. The van der Waals surface area contributed by atoms with Crippen LogP contribution in [-0.2, 0) is 11.3 Å². The molecule has 1 rings (SSSR count). The Morgan fingerprint density at radius 1 is 1.45 bits per heavy atom. The van der Waals surface area contributed by atoms with Gasteiger partial charge in [0.15, 0.2) is 5.82 Å². The van der Waals surface area contributed by atoms with Crippen LogP contribution in [0.3, 0.4) is 0 Å². The van der Waals surface area contributed by atoms with Gasteiger partial charge in [0.2, 0.25) is 12.3 Å². The Morgan fingerprint density at radius 3 is 2.70 bits per heavy atom. The summed E-state index contributed by atoms with van der Waals surface area (Å²) < 4.78 is 4.61. The predicted octanol–water partition coefficient (Wildman–Crippen LogP) is 0.516. The van der Waals surface area contributed by atoms with Crippen molar-refractivity contribution in [3.63, 3.8) is 0 Å². The Bertz CT molecular complexity index is 444. The Labute approximate surface area is 117 Å². The number of nitrogens with zero attached hydrogens (tertiary/aromatic N) is 3. The number of urea groups is 1. The van der Waals surface area contributed by atoms with E-state index in [-0.39, 0.29) is 18.5 Å². The molecule has 2 N–H and O–H groups in total. The maximum Gasteiger partial charge on any atom is 0.317 e. The Kier molecular flexibility index (Phi) is 5.48. The number of nitrogens with one attached hydrogen (secondary N) is 2. The molecular formula is C12H21N5O3. The molecule has 8 heteroatoms. The zero-order chi connectivity index (χ0) is 15.2. The van der Waals surface area contributed by atoms with Crippen LogP contribution >= 0.6 is 0 Å². The second-order valence-corrected chi connectivity index (χ2v) is 5.19. The summed E-state index contributed by atoms with van der Waals surface area (Å²) in [6.45, 7) is 4.00. The van der Waals surface area contributed by atoms with Crippen molar-refractivity contribution in [3.8, 4) is 0 Å². The highest BCUT2D eigenvalue weighted by Gasteiger charge is 2.23. The zero-order valence-corrected chi connectivity index (χ0v) is 12.3. The van der Waals surface area contributed by atoms with E-state index in [1.165, 1.54) is 11.3 Å². The first-order chi connectivity index (χ1) is 9.34. The Balaban J connectivity index is 2.44. The first-order valence-corrected chi connectivity index (χ1v) is 6.33. The fourth-order valence-corrected chi connectivity index (χ4v) is 1.54. The van der Waals surface area contributed by atoms with Crippen LogP contribution in [0.2, 0.25) is 0 Å². The van der Waals surface area contributed by atoms with Gasteiger partial charge in [-0.2, -0.15) is 4.98 Å². The minimum absolute atomic E-state index is 0.0486. The number of hydrogen-bond donors (Lipinski definition) is 2. The van der Waals surface area contributed by atoms with Crippen molar-refractivity contribution in [3.05, 3.63) is 12.2 Å². The van der Waals surface area contributed by atoms with Crippen LogP contribution in [0.15, 0.2) is 10.9 Å². The summed E-state index contributed by atoms with van der Waals surface area (Å²) >= 11 is 0. The molecule has 0 saturated carbocycles. The molecule has 8 nitrogen and oxygen atoms in total. The van der Waals surface area contributed by atoms with Gasteiger partial charge in [0.1, 0.15) is 0 Å². The highest BCUT2D eigenvalue weighted by Crippen LogP contribution is 2.12. The minimum atomic E-state index is -0.477. The molecule has 1 aromatic rings. The SMILES string of the molecule is CNC(=O)CCC(C)(C)NC(=O)N(C)Cc1ncon1. The van der Waals surface area contributed by atoms with Crippen molar-refractivity contribution >= 4 is 11.9 Å². The van der Waals surface area contributed by atoms with Gasteiger partial charge in [-0.05, 0) is 20.3 Å². The van der Waals surface area contributed by atoms with Gasteiger partial charge in [0, 0.05) is 26.1 Å². The summed E-state index contributed by atoms with van der Waals surface area (Å²) in [7, 11) is 3.23. The average molecular weight is 283 g/mol. The van der Waals surface area contributed by atoms with Crippen LogP contribution < -0.4 is 10.6 Å². The van der Waals surface area contributed by atoms with Gasteiger partial charge >= 0.3 is 6.03 Å². The number of carbonyl (C=O) groups excluding carboxylic acids is 2. The molecule has 1 heterocycles. The third kappa shape index (κ3) is 5.25. The predicted molar refractivity (Wildman–Crippen MR) is 71.7 cm³/mol. The van der Waals surface area contributed by atoms with E-state index in [0.717, 1.165) is 0 Å². The monoisotopic (exact) mass is 283 g/mol. The molecule has 0 radical (unpaired) electrons. The lowest BCUT2D eigenvalue weighted by atomic mass is 9.98. The van der Waals surface area contributed by atoms with Crippen molar-refractivity contribution in [2.24, 2.45) is 0 Å². The van der Waals surface area contributed by atoms with E-state index in [4.69, 9.17) is 0 Å². The lowest BCUT2D eigenvalue weighted by molar-refractivity contribution is -0.121. The van der Waals surface area contributed by atoms with Gasteiger partial charge in [-0.25, -0.2) is 4.79 Å². The molecule has 0 spiro atoms. The smallest absolute Gasteiger partial charge is 0.317 e. The molecule has 0 fully saturated rings. The molecule has 0 aliphatic carbocycles. The van der Waals surface area contributed by atoms with Crippen molar-refractivity contribution in [2.45, 2.75) is 38.8 Å². The number of amides is 3. The van der Waals surface area contributed by atoms with E-state index in [9.17, 15) is 9.59 Å². The molecule has 0 aliphatic heterocycles. The zero-order valence-electron chi connectivity index (χ0n) is 12.3. The molecule has 1 aromatic heterocycles. The Hall–Kier alpha value is -2.12. The number of aromatic nitrogens is 2. The van der Waals surface area contributed by atoms with Gasteiger partial charge in [-0.15, -0.1) is 0 Å². The van der Waals surface area contributed by atoms with E-state index in [0.29, 0.717) is 18.7 Å². The summed E-state index contributed by atoms with van der Waals surface area (Å²) in [6.07, 6.45) is 2.13. The van der Waals surface area contributed by atoms with Crippen molar-refractivity contribution < 1.29 is 14.1 Å². The van der Waals surface area contributed by atoms with Gasteiger partial charge in [0.25, 0.3) is 0 Å². The summed E-state index contributed by atoms with van der Waals surface area (Å²) in [4.78, 5) is 28.6. The number of hydrogen-bond acceptors (Lipinski definition) is 5. The molecule has 0 unspecified atom stereocenters. The van der Waals surface area contributed by atoms with E-state index in [1.807, 2.05) is 13.8 Å². The van der Waals surface area contributed by atoms with Crippen molar-refractivity contribution in [2.75, 3.05) is 14.1 Å². The van der Waals surface area contributed by atoms with Crippen LogP contribution in [0.1, 0.15) is 32.5 Å². The van der Waals surface area contributed by atoms with E-state index < -0.39 is 5.54 Å². The average Bonchev–Trinajstić information content (AvgIpc) is 2.88. The van der Waals surface area contributed by atoms with Gasteiger partial charge in [-0.3, -0.25) is 4.79 Å². The highest BCUT2D eigenvalue weighted by molar-refractivity contribution is 5.76. The number of rotatable bonds is 6. The molecule has 0 atom stereocenters. The fourth-order valence-electron chi connectivity index (χ4n) is 1.54.